The summed E-state index contributed by atoms with van der Waals surface area (Å²) >= 11 is 5.08. The smallest absolute Gasteiger partial charge is 0.195 e. The van der Waals surface area contributed by atoms with Gasteiger partial charge >= 0.3 is 0 Å². The van der Waals surface area contributed by atoms with Crippen LogP contribution in [0.25, 0.3) is 0 Å². The molecule has 0 bridgehead atoms. The van der Waals surface area contributed by atoms with Gasteiger partial charge in [0.1, 0.15) is 5.82 Å². The summed E-state index contributed by atoms with van der Waals surface area (Å²) in [6.07, 6.45) is 2.38. The SMILES string of the molecule is CNC(=S)n1nc(C2(C)CC2)cc1N. The van der Waals surface area contributed by atoms with E-state index in [0.717, 1.165) is 5.69 Å². The van der Waals surface area contributed by atoms with Gasteiger partial charge in [0.05, 0.1) is 5.69 Å². The minimum absolute atomic E-state index is 0.239. The number of rotatable bonds is 1. The van der Waals surface area contributed by atoms with Crippen LogP contribution in [0, 0.1) is 0 Å². The van der Waals surface area contributed by atoms with Gasteiger partial charge in [-0.2, -0.15) is 9.78 Å². The normalized spacial score (nSPS) is 17.9. The van der Waals surface area contributed by atoms with Gasteiger partial charge in [0.15, 0.2) is 5.11 Å². The molecule has 0 radical (unpaired) electrons. The molecule has 1 fully saturated rings. The molecule has 0 aromatic carbocycles. The van der Waals surface area contributed by atoms with E-state index in [-0.39, 0.29) is 5.41 Å². The molecule has 4 nitrogen and oxygen atoms in total. The number of anilines is 1. The molecule has 0 saturated heterocycles. The lowest BCUT2D eigenvalue weighted by Gasteiger charge is -2.04. The second kappa shape index (κ2) is 2.95. The van der Waals surface area contributed by atoms with Crippen LogP contribution in [-0.4, -0.2) is 21.9 Å². The fraction of sp³-hybridized carbons (Fsp3) is 0.556. The summed E-state index contributed by atoms with van der Waals surface area (Å²) in [6.45, 7) is 2.20. The van der Waals surface area contributed by atoms with Crippen molar-refractivity contribution in [2.24, 2.45) is 0 Å². The fourth-order valence-electron chi connectivity index (χ4n) is 1.40. The van der Waals surface area contributed by atoms with Crippen molar-refractivity contribution >= 4 is 23.1 Å². The number of nitrogens with one attached hydrogen (secondary N) is 1. The van der Waals surface area contributed by atoms with Crippen molar-refractivity contribution in [3.8, 4) is 0 Å². The molecule has 1 aromatic rings. The van der Waals surface area contributed by atoms with E-state index in [4.69, 9.17) is 18.0 Å². The van der Waals surface area contributed by atoms with Crippen LogP contribution in [0.3, 0.4) is 0 Å². The predicted octanol–water partition coefficient (Wildman–Crippen LogP) is 0.869. The molecule has 1 aliphatic rings. The Morgan fingerprint density at radius 1 is 1.71 bits per heavy atom. The molecule has 14 heavy (non-hydrogen) atoms. The number of thiocarbonyl (C=S) groups is 1. The van der Waals surface area contributed by atoms with E-state index in [0.29, 0.717) is 10.9 Å². The molecule has 3 N–H and O–H groups in total. The maximum absolute atomic E-state index is 5.82. The molecule has 2 rings (SSSR count). The molecule has 1 aromatic heterocycles. The van der Waals surface area contributed by atoms with Crippen LogP contribution in [0.4, 0.5) is 5.82 Å². The zero-order valence-electron chi connectivity index (χ0n) is 8.37. The van der Waals surface area contributed by atoms with Crippen LogP contribution in [0.5, 0.6) is 0 Å². The molecular weight excluding hydrogens is 196 g/mol. The molecule has 5 heteroatoms. The highest BCUT2D eigenvalue weighted by atomic mass is 32.1. The van der Waals surface area contributed by atoms with Crippen LogP contribution in [-0.2, 0) is 5.41 Å². The Kier molecular flexibility index (Phi) is 1.99. The van der Waals surface area contributed by atoms with E-state index in [2.05, 4.69) is 17.3 Å². The monoisotopic (exact) mass is 210 g/mol. The van der Waals surface area contributed by atoms with Crippen molar-refractivity contribution in [3.63, 3.8) is 0 Å². The highest BCUT2D eigenvalue weighted by Gasteiger charge is 2.41. The zero-order valence-corrected chi connectivity index (χ0v) is 9.19. The summed E-state index contributed by atoms with van der Waals surface area (Å²) in [7, 11) is 1.77. The van der Waals surface area contributed by atoms with E-state index in [1.165, 1.54) is 12.8 Å². The summed E-state index contributed by atoms with van der Waals surface area (Å²) in [5.41, 5.74) is 7.10. The lowest BCUT2D eigenvalue weighted by molar-refractivity contribution is 0.725. The topological polar surface area (TPSA) is 55.9 Å². The first-order valence-electron chi connectivity index (χ1n) is 4.65. The lowest BCUT2D eigenvalue weighted by atomic mass is 10.1. The van der Waals surface area contributed by atoms with Crippen LogP contribution in [0.2, 0.25) is 0 Å². The molecule has 0 atom stereocenters. The summed E-state index contributed by atoms with van der Waals surface area (Å²) < 4.78 is 1.58. The first-order valence-corrected chi connectivity index (χ1v) is 5.06. The Morgan fingerprint density at radius 3 is 2.86 bits per heavy atom. The third-order valence-corrected chi connectivity index (χ3v) is 3.14. The Hall–Kier alpha value is -1.10. The molecule has 0 unspecified atom stereocenters. The zero-order chi connectivity index (χ0) is 10.3. The highest BCUT2D eigenvalue weighted by molar-refractivity contribution is 7.80. The van der Waals surface area contributed by atoms with Gasteiger partial charge in [-0.1, -0.05) is 6.92 Å². The Labute approximate surface area is 88.5 Å². The summed E-state index contributed by atoms with van der Waals surface area (Å²) in [4.78, 5) is 0. The first kappa shape index (κ1) is 9.45. The first-order chi connectivity index (χ1) is 6.57. The number of aromatic nitrogens is 2. The average molecular weight is 210 g/mol. The van der Waals surface area contributed by atoms with Gasteiger partial charge in [-0.25, -0.2) is 0 Å². The Bertz CT molecular complexity index is 378. The molecule has 0 amide bonds. The molecule has 1 saturated carbocycles. The standard InChI is InChI=1S/C9H14N4S/c1-9(3-4-9)6-5-7(10)13(12-6)8(14)11-2/h5H,3-4,10H2,1-2H3,(H,11,14). The predicted molar refractivity (Wildman–Crippen MR) is 60.3 cm³/mol. The van der Waals surface area contributed by atoms with E-state index in [9.17, 15) is 0 Å². The fourth-order valence-corrected chi connectivity index (χ4v) is 1.55. The molecule has 0 spiro atoms. The van der Waals surface area contributed by atoms with Crippen molar-refractivity contribution in [1.29, 1.82) is 0 Å². The second-order valence-electron chi connectivity index (χ2n) is 3.98. The van der Waals surface area contributed by atoms with Gasteiger partial charge in [0, 0.05) is 18.5 Å². The quantitative estimate of drug-likeness (QED) is 0.675. The Balaban J connectivity index is 2.34. The molecule has 76 valence electrons. The lowest BCUT2D eigenvalue weighted by Crippen LogP contribution is -2.26. The minimum Gasteiger partial charge on any atom is -0.383 e. The maximum atomic E-state index is 5.82. The molecule has 1 aliphatic carbocycles. The maximum Gasteiger partial charge on any atom is 0.195 e. The number of nitrogens with zero attached hydrogens (tertiary/aromatic N) is 2. The largest absolute Gasteiger partial charge is 0.383 e. The van der Waals surface area contributed by atoms with Crippen molar-refractivity contribution in [1.82, 2.24) is 15.1 Å². The van der Waals surface area contributed by atoms with Gasteiger partial charge in [0.2, 0.25) is 0 Å². The number of hydrogen-bond acceptors (Lipinski definition) is 3. The van der Waals surface area contributed by atoms with E-state index < -0.39 is 0 Å². The highest BCUT2D eigenvalue weighted by Crippen LogP contribution is 2.47. The molecular formula is C9H14N4S. The summed E-state index contributed by atoms with van der Waals surface area (Å²) in [5, 5.41) is 7.80. The summed E-state index contributed by atoms with van der Waals surface area (Å²) in [6, 6.07) is 1.91. The van der Waals surface area contributed by atoms with Crippen LogP contribution in [0.1, 0.15) is 25.5 Å². The second-order valence-corrected chi connectivity index (χ2v) is 4.37. The minimum atomic E-state index is 0.239. The van der Waals surface area contributed by atoms with Crippen molar-refractivity contribution < 1.29 is 0 Å². The Morgan fingerprint density at radius 2 is 2.36 bits per heavy atom. The van der Waals surface area contributed by atoms with Crippen LogP contribution < -0.4 is 11.1 Å². The van der Waals surface area contributed by atoms with E-state index >= 15 is 0 Å². The van der Waals surface area contributed by atoms with Gasteiger partial charge in [-0.3, -0.25) is 0 Å². The van der Waals surface area contributed by atoms with Crippen molar-refractivity contribution in [2.75, 3.05) is 12.8 Å². The van der Waals surface area contributed by atoms with Crippen LogP contribution in [0.15, 0.2) is 6.07 Å². The van der Waals surface area contributed by atoms with Gasteiger partial charge in [-0.05, 0) is 25.1 Å². The van der Waals surface area contributed by atoms with Crippen molar-refractivity contribution in [3.05, 3.63) is 11.8 Å². The number of nitrogen functional groups attached to an aromatic ring is 1. The average Bonchev–Trinajstić information content (AvgIpc) is 2.78. The van der Waals surface area contributed by atoms with Gasteiger partial charge in [-0.15, -0.1) is 0 Å². The number of hydrogen-bond donors (Lipinski definition) is 2. The van der Waals surface area contributed by atoms with Gasteiger partial charge < -0.3 is 11.1 Å². The summed E-state index contributed by atoms with van der Waals surface area (Å²) in [5.74, 6) is 0.604. The van der Waals surface area contributed by atoms with Crippen LogP contribution >= 0.6 is 12.2 Å². The van der Waals surface area contributed by atoms with E-state index in [1.807, 2.05) is 6.07 Å². The van der Waals surface area contributed by atoms with Crippen molar-refractivity contribution in [2.45, 2.75) is 25.2 Å². The third-order valence-electron chi connectivity index (χ3n) is 2.76. The van der Waals surface area contributed by atoms with Gasteiger partial charge in [0.25, 0.3) is 0 Å². The number of nitrogens with two attached hydrogens (primary N) is 1. The third kappa shape index (κ3) is 1.37. The van der Waals surface area contributed by atoms with E-state index in [1.54, 1.807) is 11.7 Å². The molecule has 1 heterocycles. The molecule has 0 aliphatic heterocycles.